The highest BCUT2D eigenvalue weighted by Gasteiger charge is 2.39. The van der Waals surface area contributed by atoms with Gasteiger partial charge in [0.1, 0.15) is 10.5 Å². The van der Waals surface area contributed by atoms with Crippen LogP contribution in [0.5, 0.6) is 0 Å². The zero-order valence-electron chi connectivity index (χ0n) is 9.62. The van der Waals surface area contributed by atoms with Crippen LogP contribution in [0.4, 0.5) is 5.69 Å². The van der Waals surface area contributed by atoms with E-state index in [-0.39, 0.29) is 5.91 Å². The number of anilines is 1. The van der Waals surface area contributed by atoms with Gasteiger partial charge in [-0.25, -0.2) is 0 Å². The van der Waals surface area contributed by atoms with E-state index in [0.29, 0.717) is 11.5 Å². The lowest BCUT2D eigenvalue weighted by molar-refractivity contribution is -0.125. The average molecular weight is 249 g/mol. The molecule has 1 amide bonds. The number of hydrogen-bond acceptors (Lipinski definition) is 3. The van der Waals surface area contributed by atoms with E-state index in [9.17, 15) is 4.79 Å². The molecule has 1 aliphatic rings. The highest BCUT2D eigenvalue weighted by molar-refractivity contribution is 7.80. The Labute approximate surface area is 106 Å². The average Bonchev–Trinajstić information content (AvgIpc) is 2.34. The van der Waals surface area contributed by atoms with Gasteiger partial charge in [-0.15, -0.1) is 0 Å². The van der Waals surface area contributed by atoms with Crippen LogP contribution in [0.25, 0.3) is 0 Å². The molecule has 1 aliphatic heterocycles. The lowest BCUT2D eigenvalue weighted by Crippen LogP contribution is -2.66. The van der Waals surface area contributed by atoms with E-state index in [1.807, 2.05) is 30.3 Å². The maximum absolute atomic E-state index is 11.8. The first-order valence-electron chi connectivity index (χ1n) is 5.53. The third-order valence-corrected chi connectivity index (χ3v) is 3.34. The Morgan fingerprint density at radius 3 is 2.71 bits per heavy atom. The van der Waals surface area contributed by atoms with Gasteiger partial charge in [-0.3, -0.25) is 10.1 Å². The molecule has 2 rings (SSSR count). The van der Waals surface area contributed by atoms with Crippen LogP contribution in [0, 0.1) is 0 Å². The molecule has 0 bridgehead atoms. The Hall–Kier alpha value is -1.46. The number of amides is 1. The minimum Gasteiger partial charge on any atom is -0.353 e. The number of benzene rings is 1. The van der Waals surface area contributed by atoms with Gasteiger partial charge in [0.2, 0.25) is 5.91 Å². The summed E-state index contributed by atoms with van der Waals surface area (Å²) in [7, 11) is 0. The van der Waals surface area contributed by atoms with E-state index in [1.165, 1.54) is 0 Å². The number of piperazine rings is 1. The number of carbonyl (C=O) groups excluding carboxylic acids is 1. The minimum atomic E-state index is -0.830. The zero-order chi connectivity index (χ0) is 12.3. The normalized spacial score (nSPS) is 23.9. The SMILES string of the molecule is CC1(C(=S)Nc2ccccc2)NCCNC1=O. The number of thiocarbonyl (C=S) groups is 1. The fourth-order valence-corrected chi connectivity index (χ4v) is 1.99. The van der Waals surface area contributed by atoms with Crippen molar-refractivity contribution in [1.82, 2.24) is 10.6 Å². The van der Waals surface area contributed by atoms with Gasteiger partial charge in [0.15, 0.2) is 0 Å². The van der Waals surface area contributed by atoms with Gasteiger partial charge in [-0.05, 0) is 19.1 Å². The second-order valence-corrected chi connectivity index (χ2v) is 4.54. The second-order valence-electron chi connectivity index (χ2n) is 4.13. The van der Waals surface area contributed by atoms with Crippen molar-refractivity contribution in [1.29, 1.82) is 0 Å². The lowest BCUT2D eigenvalue weighted by atomic mass is 9.98. The third-order valence-electron chi connectivity index (χ3n) is 2.83. The van der Waals surface area contributed by atoms with Crippen molar-refractivity contribution in [3.8, 4) is 0 Å². The van der Waals surface area contributed by atoms with Gasteiger partial charge in [0.25, 0.3) is 0 Å². The van der Waals surface area contributed by atoms with Crippen molar-refractivity contribution in [2.75, 3.05) is 18.4 Å². The molecular weight excluding hydrogens is 234 g/mol. The van der Waals surface area contributed by atoms with E-state index in [0.717, 1.165) is 12.2 Å². The fourth-order valence-electron chi connectivity index (χ4n) is 1.71. The Kier molecular flexibility index (Phi) is 3.40. The molecule has 1 atom stereocenters. The molecule has 3 N–H and O–H groups in total. The predicted octanol–water partition coefficient (Wildman–Crippen LogP) is 0.904. The first-order valence-corrected chi connectivity index (χ1v) is 5.93. The summed E-state index contributed by atoms with van der Waals surface area (Å²) in [6.07, 6.45) is 0. The van der Waals surface area contributed by atoms with Crippen molar-refractivity contribution in [3.05, 3.63) is 30.3 Å². The van der Waals surface area contributed by atoms with E-state index in [1.54, 1.807) is 6.92 Å². The number of hydrogen-bond donors (Lipinski definition) is 3. The summed E-state index contributed by atoms with van der Waals surface area (Å²) in [5.41, 5.74) is 0.0579. The van der Waals surface area contributed by atoms with Crippen LogP contribution in [0.15, 0.2) is 30.3 Å². The molecule has 1 unspecified atom stereocenters. The monoisotopic (exact) mass is 249 g/mol. The maximum Gasteiger partial charge on any atom is 0.247 e. The first-order chi connectivity index (χ1) is 8.13. The molecule has 1 fully saturated rings. The third kappa shape index (κ3) is 2.45. The summed E-state index contributed by atoms with van der Waals surface area (Å²) in [6.45, 7) is 3.15. The highest BCUT2D eigenvalue weighted by atomic mass is 32.1. The molecule has 0 spiro atoms. The molecule has 5 heteroatoms. The Balaban J connectivity index is 2.11. The van der Waals surface area contributed by atoms with Crippen LogP contribution >= 0.6 is 12.2 Å². The van der Waals surface area contributed by atoms with E-state index in [2.05, 4.69) is 16.0 Å². The van der Waals surface area contributed by atoms with Crippen LogP contribution in [0.2, 0.25) is 0 Å². The number of carbonyl (C=O) groups is 1. The maximum atomic E-state index is 11.8. The minimum absolute atomic E-state index is 0.0859. The molecule has 0 aliphatic carbocycles. The first kappa shape index (κ1) is 12.0. The van der Waals surface area contributed by atoms with Crippen molar-refractivity contribution in [2.24, 2.45) is 0 Å². The standard InChI is InChI=1S/C12H15N3OS/c1-12(10(16)13-7-8-14-12)11(17)15-9-5-3-2-4-6-9/h2-6,14H,7-8H2,1H3,(H,13,16)(H,15,17). The molecule has 0 aromatic heterocycles. The summed E-state index contributed by atoms with van der Waals surface area (Å²) in [6, 6.07) is 9.59. The lowest BCUT2D eigenvalue weighted by Gasteiger charge is -2.34. The molecule has 1 heterocycles. The Morgan fingerprint density at radius 2 is 2.06 bits per heavy atom. The van der Waals surface area contributed by atoms with Crippen LogP contribution < -0.4 is 16.0 Å². The summed E-state index contributed by atoms with van der Waals surface area (Å²) >= 11 is 5.31. The Bertz CT molecular complexity index is 435. The van der Waals surface area contributed by atoms with E-state index in [4.69, 9.17) is 12.2 Å². The molecule has 1 saturated heterocycles. The molecule has 90 valence electrons. The quantitative estimate of drug-likeness (QED) is 0.682. The summed E-state index contributed by atoms with van der Waals surface area (Å²) < 4.78 is 0. The number of rotatable bonds is 2. The fraction of sp³-hybridized carbons (Fsp3) is 0.333. The van der Waals surface area contributed by atoms with Crippen molar-refractivity contribution in [3.63, 3.8) is 0 Å². The van der Waals surface area contributed by atoms with Gasteiger partial charge in [0, 0.05) is 18.8 Å². The second kappa shape index (κ2) is 4.81. The summed E-state index contributed by atoms with van der Waals surface area (Å²) in [5.74, 6) is -0.0859. The van der Waals surface area contributed by atoms with Gasteiger partial charge in [0.05, 0.1) is 0 Å². The smallest absolute Gasteiger partial charge is 0.247 e. The van der Waals surface area contributed by atoms with Crippen LogP contribution in [-0.2, 0) is 4.79 Å². The molecular formula is C12H15N3OS. The molecule has 17 heavy (non-hydrogen) atoms. The highest BCUT2D eigenvalue weighted by Crippen LogP contribution is 2.14. The molecule has 0 radical (unpaired) electrons. The molecule has 0 saturated carbocycles. The summed E-state index contributed by atoms with van der Waals surface area (Å²) in [5, 5.41) is 9.05. The summed E-state index contributed by atoms with van der Waals surface area (Å²) in [4.78, 5) is 12.3. The zero-order valence-corrected chi connectivity index (χ0v) is 10.4. The van der Waals surface area contributed by atoms with Gasteiger partial charge in [-0.2, -0.15) is 0 Å². The predicted molar refractivity (Wildman–Crippen MR) is 72.1 cm³/mol. The molecule has 1 aromatic carbocycles. The van der Waals surface area contributed by atoms with Crippen LogP contribution in [0.1, 0.15) is 6.92 Å². The molecule has 4 nitrogen and oxygen atoms in total. The van der Waals surface area contributed by atoms with Crippen molar-refractivity contribution < 1.29 is 4.79 Å². The van der Waals surface area contributed by atoms with Gasteiger partial charge < -0.3 is 10.6 Å². The largest absolute Gasteiger partial charge is 0.353 e. The van der Waals surface area contributed by atoms with Crippen LogP contribution in [0.3, 0.4) is 0 Å². The van der Waals surface area contributed by atoms with E-state index >= 15 is 0 Å². The number of nitrogens with one attached hydrogen (secondary N) is 3. The van der Waals surface area contributed by atoms with Gasteiger partial charge >= 0.3 is 0 Å². The van der Waals surface area contributed by atoms with Crippen molar-refractivity contribution >= 4 is 28.8 Å². The van der Waals surface area contributed by atoms with E-state index < -0.39 is 5.54 Å². The van der Waals surface area contributed by atoms with Gasteiger partial charge in [-0.1, -0.05) is 30.4 Å². The Morgan fingerprint density at radius 1 is 1.35 bits per heavy atom. The van der Waals surface area contributed by atoms with Crippen molar-refractivity contribution in [2.45, 2.75) is 12.5 Å². The molecule has 1 aromatic rings. The number of para-hydroxylation sites is 1. The van der Waals surface area contributed by atoms with Crippen LogP contribution in [-0.4, -0.2) is 29.5 Å². The topological polar surface area (TPSA) is 53.2 Å².